The Hall–Kier alpha value is -1.03. The van der Waals surface area contributed by atoms with E-state index in [1.807, 2.05) is 13.0 Å². The zero-order chi connectivity index (χ0) is 11.3. The number of ether oxygens (including phenoxy) is 2. The van der Waals surface area contributed by atoms with Gasteiger partial charge >= 0.3 is 5.97 Å². The molecular weight excluding hydrogens is 260 g/mol. The van der Waals surface area contributed by atoms with Gasteiger partial charge in [-0.3, -0.25) is 0 Å². The van der Waals surface area contributed by atoms with Crippen LogP contribution in [0.25, 0.3) is 0 Å². The van der Waals surface area contributed by atoms with Crippen LogP contribution in [0.4, 0.5) is 0 Å². The normalized spacial score (nSPS) is 9.80. The molecule has 0 atom stereocenters. The zero-order valence-electron chi connectivity index (χ0n) is 8.75. The van der Waals surface area contributed by atoms with Gasteiger partial charge < -0.3 is 9.47 Å². The highest BCUT2D eigenvalue weighted by Crippen LogP contribution is 2.25. The Morgan fingerprint density at radius 1 is 1.47 bits per heavy atom. The maximum absolute atomic E-state index is 11.5. The molecule has 0 fully saturated rings. The Morgan fingerprint density at radius 3 is 2.73 bits per heavy atom. The van der Waals surface area contributed by atoms with Crippen molar-refractivity contribution in [2.45, 2.75) is 12.3 Å². The predicted molar refractivity (Wildman–Crippen MR) is 61.6 cm³/mol. The highest BCUT2D eigenvalue weighted by molar-refractivity contribution is 9.08. The molecule has 0 saturated carbocycles. The van der Waals surface area contributed by atoms with Gasteiger partial charge in [0.05, 0.1) is 19.3 Å². The second-order valence-electron chi connectivity index (χ2n) is 2.84. The minimum absolute atomic E-state index is 0.342. The fourth-order valence-electron chi connectivity index (χ4n) is 1.30. The number of hydrogen-bond donors (Lipinski definition) is 0. The van der Waals surface area contributed by atoms with Crippen LogP contribution >= 0.6 is 15.9 Å². The van der Waals surface area contributed by atoms with E-state index in [-0.39, 0.29) is 5.97 Å². The summed E-state index contributed by atoms with van der Waals surface area (Å²) in [4.78, 5) is 11.5. The third-order valence-corrected chi connectivity index (χ3v) is 2.53. The van der Waals surface area contributed by atoms with Gasteiger partial charge in [-0.2, -0.15) is 0 Å². The molecule has 15 heavy (non-hydrogen) atoms. The first kappa shape index (κ1) is 12.0. The van der Waals surface area contributed by atoms with E-state index < -0.39 is 0 Å². The summed E-state index contributed by atoms with van der Waals surface area (Å²) >= 11 is 3.34. The SMILES string of the molecule is CCOc1cccc(C(=O)OC)c1CBr. The lowest BCUT2D eigenvalue weighted by Gasteiger charge is -2.11. The fraction of sp³-hybridized carbons (Fsp3) is 0.364. The molecule has 0 saturated heterocycles. The van der Waals surface area contributed by atoms with Crippen molar-refractivity contribution in [3.63, 3.8) is 0 Å². The van der Waals surface area contributed by atoms with Crippen molar-refractivity contribution in [3.05, 3.63) is 29.3 Å². The van der Waals surface area contributed by atoms with Gasteiger partial charge in [-0.15, -0.1) is 0 Å². The van der Waals surface area contributed by atoms with Gasteiger partial charge in [-0.25, -0.2) is 4.79 Å². The van der Waals surface area contributed by atoms with Gasteiger partial charge in [0, 0.05) is 10.9 Å². The first-order chi connectivity index (χ1) is 7.24. The van der Waals surface area contributed by atoms with Gasteiger partial charge in [0.1, 0.15) is 5.75 Å². The van der Waals surface area contributed by atoms with Crippen LogP contribution in [0.15, 0.2) is 18.2 Å². The van der Waals surface area contributed by atoms with Gasteiger partial charge in [0.2, 0.25) is 0 Å². The molecular formula is C11H13BrO3. The first-order valence-corrected chi connectivity index (χ1v) is 5.75. The Kier molecular flexibility index (Phi) is 4.62. The van der Waals surface area contributed by atoms with Crippen molar-refractivity contribution in [2.24, 2.45) is 0 Å². The summed E-state index contributed by atoms with van der Waals surface area (Å²) in [6, 6.07) is 5.35. The minimum atomic E-state index is -0.342. The fourth-order valence-corrected chi connectivity index (χ4v) is 1.87. The number of methoxy groups -OCH3 is 1. The summed E-state index contributed by atoms with van der Waals surface area (Å²) in [6.07, 6.45) is 0. The summed E-state index contributed by atoms with van der Waals surface area (Å²) in [7, 11) is 1.37. The molecule has 0 aliphatic heterocycles. The quantitative estimate of drug-likeness (QED) is 0.625. The zero-order valence-corrected chi connectivity index (χ0v) is 10.3. The van der Waals surface area contributed by atoms with E-state index in [0.717, 1.165) is 11.3 Å². The number of halogens is 1. The molecule has 0 N–H and O–H groups in total. The van der Waals surface area contributed by atoms with Crippen LogP contribution in [0, 0.1) is 0 Å². The third kappa shape index (κ3) is 2.72. The van der Waals surface area contributed by atoms with E-state index in [4.69, 9.17) is 9.47 Å². The van der Waals surface area contributed by atoms with E-state index in [1.165, 1.54) is 7.11 Å². The van der Waals surface area contributed by atoms with E-state index in [1.54, 1.807) is 12.1 Å². The van der Waals surface area contributed by atoms with Gasteiger partial charge in [-0.1, -0.05) is 22.0 Å². The minimum Gasteiger partial charge on any atom is -0.494 e. The number of carbonyl (C=O) groups excluding carboxylic acids is 1. The van der Waals surface area contributed by atoms with Crippen LogP contribution in [-0.2, 0) is 10.1 Å². The molecule has 1 aromatic carbocycles. The van der Waals surface area contributed by atoms with Crippen LogP contribution in [0.3, 0.4) is 0 Å². The van der Waals surface area contributed by atoms with Crippen LogP contribution in [0.5, 0.6) is 5.75 Å². The Morgan fingerprint density at radius 2 is 2.20 bits per heavy atom. The van der Waals surface area contributed by atoms with Crippen LogP contribution < -0.4 is 4.74 Å². The smallest absolute Gasteiger partial charge is 0.338 e. The van der Waals surface area contributed by atoms with Crippen molar-refractivity contribution >= 4 is 21.9 Å². The monoisotopic (exact) mass is 272 g/mol. The molecule has 82 valence electrons. The summed E-state index contributed by atoms with van der Waals surface area (Å²) in [5.74, 6) is 0.378. The van der Waals surface area contributed by atoms with E-state index >= 15 is 0 Å². The first-order valence-electron chi connectivity index (χ1n) is 4.63. The van der Waals surface area contributed by atoms with Crippen molar-refractivity contribution in [3.8, 4) is 5.75 Å². The Balaban J connectivity index is 3.15. The number of carbonyl (C=O) groups is 1. The summed E-state index contributed by atoms with van der Waals surface area (Å²) < 4.78 is 10.1. The van der Waals surface area contributed by atoms with E-state index in [2.05, 4.69) is 15.9 Å². The van der Waals surface area contributed by atoms with Crippen LogP contribution in [0.1, 0.15) is 22.8 Å². The van der Waals surface area contributed by atoms with E-state index in [0.29, 0.717) is 17.5 Å². The van der Waals surface area contributed by atoms with Gasteiger partial charge in [0.15, 0.2) is 0 Å². The Bertz CT molecular complexity index is 350. The number of hydrogen-bond acceptors (Lipinski definition) is 3. The highest BCUT2D eigenvalue weighted by atomic mass is 79.9. The molecule has 0 bridgehead atoms. The lowest BCUT2D eigenvalue weighted by molar-refractivity contribution is 0.0599. The molecule has 0 radical (unpaired) electrons. The third-order valence-electron chi connectivity index (χ3n) is 1.97. The number of benzene rings is 1. The second kappa shape index (κ2) is 5.75. The standard InChI is InChI=1S/C11H13BrO3/c1-3-15-10-6-4-5-8(9(10)7-12)11(13)14-2/h4-6H,3,7H2,1-2H3. The molecule has 0 aliphatic carbocycles. The second-order valence-corrected chi connectivity index (χ2v) is 3.40. The topological polar surface area (TPSA) is 35.5 Å². The molecule has 4 heteroatoms. The van der Waals surface area contributed by atoms with Crippen LogP contribution in [-0.4, -0.2) is 19.7 Å². The van der Waals surface area contributed by atoms with Crippen molar-refractivity contribution in [1.29, 1.82) is 0 Å². The van der Waals surface area contributed by atoms with Gasteiger partial charge in [-0.05, 0) is 19.1 Å². The highest BCUT2D eigenvalue weighted by Gasteiger charge is 2.14. The molecule has 0 unspecified atom stereocenters. The summed E-state index contributed by atoms with van der Waals surface area (Å²) in [6.45, 7) is 2.48. The molecule has 0 heterocycles. The average molecular weight is 273 g/mol. The molecule has 0 spiro atoms. The van der Waals surface area contributed by atoms with Crippen LogP contribution in [0.2, 0.25) is 0 Å². The molecule has 3 nitrogen and oxygen atoms in total. The molecule has 0 amide bonds. The Labute approximate surface area is 97.5 Å². The molecule has 0 aliphatic rings. The largest absolute Gasteiger partial charge is 0.494 e. The lowest BCUT2D eigenvalue weighted by atomic mass is 10.1. The molecule has 0 aromatic heterocycles. The van der Waals surface area contributed by atoms with Gasteiger partial charge in [0.25, 0.3) is 0 Å². The number of alkyl halides is 1. The number of rotatable bonds is 4. The van der Waals surface area contributed by atoms with E-state index in [9.17, 15) is 4.79 Å². The number of esters is 1. The maximum atomic E-state index is 11.5. The summed E-state index contributed by atoms with van der Waals surface area (Å²) in [5, 5.41) is 0.563. The maximum Gasteiger partial charge on any atom is 0.338 e. The lowest BCUT2D eigenvalue weighted by Crippen LogP contribution is -2.06. The average Bonchev–Trinajstić information content (AvgIpc) is 2.28. The molecule has 1 rings (SSSR count). The van der Waals surface area contributed by atoms with Crippen molar-refractivity contribution in [1.82, 2.24) is 0 Å². The van der Waals surface area contributed by atoms with Crippen molar-refractivity contribution < 1.29 is 14.3 Å². The van der Waals surface area contributed by atoms with Crippen molar-refractivity contribution in [2.75, 3.05) is 13.7 Å². The predicted octanol–water partition coefficient (Wildman–Crippen LogP) is 2.77. The summed E-state index contributed by atoms with van der Waals surface area (Å²) in [5.41, 5.74) is 1.37. The molecule has 1 aromatic rings.